The Morgan fingerprint density at radius 1 is 1.38 bits per heavy atom. The van der Waals surface area contributed by atoms with E-state index in [4.69, 9.17) is 0 Å². The van der Waals surface area contributed by atoms with Crippen LogP contribution in [0.15, 0.2) is 46.1 Å². The van der Waals surface area contributed by atoms with Gasteiger partial charge in [0.1, 0.15) is 10.1 Å². The van der Waals surface area contributed by atoms with Gasteiger partial charge in [-0.1, -0.05) is 6.07 Å². The molecule has 6 nitrogen and oxygen atoms in total. The minimum Gasteiger partial charge on any atom is -0.382 e. The maximum atomic E-state index is 11.7. The number of nitrogens with one attached hydrogen (secondary N) is 1. The lowest BCUT2D eigenvalue weighted by atomic mass is 10.3. The van der Waals surface area contributed by atoms with E-state index in [1.165, 1.54) is 4.68 Å². The number of fused-ring (bicyclic) bond motifs is 1. The fourth-order valence-electron chi connectivity index (χ4n) is 2.07. The van der Waals surface area contributed by atoms with Crippen LogP contribution >= 0.6 is 15.9 Å². The van der Waals surface area contributed by atoms with Crippen LogP contribution < -0.4 is 10.9 Å². The number of aromatic nitrogens is 4. The second kappa shape index (κ2) is 5.69. The molecule has 0 amide bonds. The van der Waals surface area contributed by atoms with Crippen LogP contribution in [0.2, 0.25) is 0 Å². The minimum absolute atomic E-state index is 0.160. The van der Waals surface area contributed by atoms with Crippen LogP contribution in [0.3, 0.4) is 0 Å². The Balaban J connectivity index is 1.69. The number of hydrogen-bond acceptors (Lipinski definition) is 4. The maximum absolute atomic E-state index is 11.7. The van der Waals surface area contributed by atoms with Crippen LogP contribution in [0.4, 0.5) is 5.69 Å². The van der Waals surface area contributed by atoms with Gasteiger partial charge in [-0.3, -0.25) is 4.79 Å². The summed E-state index contributed by atoms with van der Waals surface area (Å²) in [4.78, 5) is 16.3. The third-order valence-corrected chi connectivity index (χ3v) is 3.96. The number of rotatable bonds is 4. The van der Waals surface area contributed by atoms with Crippen LogP contribution in [-0.4, -0.2) is 25.7 Å². The lowest BCUT2D eigenvalue weighted by Crippen LogP contribution is -2.21. The lowest BCUT2D eigenvalue weighted by Gasteiger charge is -2.07. The molecule has 0 unspecified atom stereocenters. The molecule has 0 aliphatic heterocycles. The van der Waals surface area contributed by atoms with Gasteiger partial charge in [0.15, 0.2) is 0 Å². The van der Waals surface area contributed by atoms with Crippen molar-refractivity contribution >= 4 is 27.3 Å². The Kier molecular flexibility index (Phi) is 3.74. The molecule has 0 fully saturated rings. The zero-order valence-electron chi connectivity index (χ0n) is 11.5. The van der Waals surface area contributed by atoms with Crippen molar-refractivity contribution in [3.8, 4) is 0 Å². The van der Waals surface area contributed by atoms with E-state index in [9.17, 15) is 4.79 Å². The third-order valence-electron chi connectivity index (χ3n) is 3.19. The Labute approximate surface area is 129 Å². The SMILES string of the molecule is Cn1ncc(NCCc2cn3ccccc3n2)c(Br)c1=O. The highest BCUT2D eigenvalue weighted by atomic mass is 79.9. The Bertz CT molecular complexity index is 806. The third kappa shape index (κ3) is 2.82. The zero-order valence-corrected chi connectivity index (χ0v) is 13.0. The molecular weight excluding hydrogens is 334 g/mol. The molecule has 0 bridgehead atoms. The second-order valence-electron chi connectivity index (χ2n) is 4.68. The van der Waals surface area contributed by atoms with Crippen molar-refractivity contribution in [1.29, 1.82) is 0 Å². The van der Waals surface area contributed by atoms with Crippen molar-refractivity contribution in [3.05, 3.63) is 57.3 Å². The van der Waals surface area contributed by atoms with Crippen LogP contribution in [0.5, 0.6) is 0 Å². The molecule has 0 atom stereocenters. The van der Waals surface area contributed by atoms with E-state index in [0.717, 1.165) is 17.8 Å². The molecule has 108 valence electrons. The topological polar surface area (TPSA) is 64.2 Å². The van der Waals surface area contributed by atoms with Crippen LogP contribution in [0.25, 0.3) is 5.65 Å². The summed E-state index contributed by atoms with van der Waals surface area (Å²) < 4.78 is 3.78. The average molecular weight is 348 g/mol. The summed E-state index contributed by atoms with van der Waals surface area (Å²) in [6.45, 7) is 0.678. The number of nitrogens with zero attached hydrogens (tertiary/aromatic N) is 4. The van der Waals surface area contributed by atoms with E-state index in [1.807, 2.05) is 35.0 Å². The predicted octanol–water partition coefficient (Wildman–Crippen LogP) is 1.85. The minimum atomic E-state index is -0.160. The monoisotopic (exact) mass is 347 g/mol. The summed E-state index contributed by atoms with van der Waals surface area (Å²) >= 11 is 3.29. The smallest absolute Gasteiger partial charge is 0.282 e. The quantitative estimate of drug-likeness (QED) is 0.782. The molecule has 0 aromatic carbocycles. The van der Waals surface area contributed by atoms with E-state index in [-0.39, 0.29) is 5.56 Å². The van der Waals surface area contributed by atoms with E-state index in [1.54, 1.807) is 13.2 Å². The second-order valence-corrected chi connectivity index (χ2v) is 5.47. The number of pyridine rings is 1. The van der Waals surface area contributed by atoms with Crippen LogP contribution in [0, 0.1) is 0 Å². The molecule has 3 aromatic rings. The molecule has 0 saturated carbocycles. The number of halogens is 1. The van der Waals surface area contributed by atoms with Gasteiger partial charge in [0.05, 0.1) is 17.6 Å². The first kappa shape index (κ1) is 13.8. The molecule has 3 aromatic heterocycles. The number of imidazole rings is 1. The molecule has 1 N–H and O–H groups in total. The highest BCUT2D eigenvalue weighted by molar-refractivity contribution is 9.10. The maximum Gasteiger partial charge on any atom is 0.282 e. The molecular formula is C14H14BrN5O. The first-order valence-electron chi connectivity index (χ1n) is 6.53. The molecule has 0 saturated heterocycles. The van der Waals surface area contributed by atoms with Gasteiger partial charge in [0.2, 0.25) is 0 Å². The van der Waals surface area contributed by atoms with E-state index < -0.39 is 0 Å². The molecule has 3 heterocycles. The Morgan fingerprint density at radius 3 is 3.05 bits per heavy atom. The van der Waals surface area contributed by atoms with Gasteiger partial charge >= 0.3 is 0 Å². The summed E-state index contributed by atoms with van der Waals surface area (Å²) in [7, 11) is 1.62. The van der Waals surface area contributed by atoms with E-state index in [0.29, 0.717) is 16.7 Å². The number of hydrogen-bond donors (Lipinski definition) is 1. The highest BCUT2D eigenvalue weighted by Crippen LogP contribution is 2.15. The summed E-state index contributed by atoms with van der Waals surface area (Å²) in [5.41, 5.74) is 2.47. The van der Waals surface area contributed by atoms with Gasteiger partial charge in [-0.2, -0.15) is 5.10 Å². The summed E-state index contributed by atoms with van der Waals surface area (Å²) in [5.74, 6) is 0. The first-order chi connectivity index (χ1) is 10.1. The lowest BCUT2D eigenvalue weighted by molar-refractivity contribution is 0.703. The molecule has 0 radical (unpaired) electrons. The van der Waals surface area contributed by atoms with Gasteiger partial charge in [-0.05, 0) is 28.1 Å². The zero-order chi connectivity index (χ0) is 14.8. The molecule has 0 aliphatic rings. The summed E-state index contributed by atoms with van der Waals surface area (Å²) in [6.07, 6.45) is 6.38. The van der Waals surface area contributed by atoms with Gasteiger partial charge in [-0.15, -0.1) is 0 Å². The van der Waals surface area contributed by atoms with Crippen molar-refractivity contribution in [2.24, 2.45) is 7.05 Å². The van der Waals surface area contributed by atoms with Crippen LogP contribution in [0.1, 0.15) is 5.69 Å². The number of aryl methyl sites for hydroxylation is 1. The standard InChI is InChI=1S/C14H14BrN5O/c1-19-14(21)13(15)11(8-17-19)16-6-5-10-9-20-7-3-2-4-12(20)18-10/h2-4,7-9,16H,5-6H2,1H3. The molecule has 3 rings (SSSR count). The average Bonchev–Trinajstić information content (AvgIpc) is 2.90. The largest absolute Gasteiger partial charge is 0.382 e. The fourth-order valence-corrected chi connectivity index (χ4v) is 2.57. The summed E-state index contributed by atoms with van der Waals surface area (Å²) in [5, 5.41) is 7.19. The summed E-state index contributed by atoms with van der Waals surface area (Å²) in [6, 6.07) is 5.91. The predicted molar refractivity (Wildman–Crippen MR) is 84.6 cm³/mol. The Hall–Kier alpha value is -2.15. The van der Waals surface area contributed by atoms with Crippen molar-refractivity contribution in [2.75, 3.05) is 11.9 Å². The van der Waals surface area contributed by atoms with Crippen molar-refractivity contribution in [1.82, 2.24) is 19.2 Å². The fraction of sp³-hybridized carbons (Fsp3) is 0.214. The van der Waals surface area contributed by atoms with Gasteiger partial charge in [0, 0.05) is 32.4 Å². The molecule has 0 spiro atoms. The van der Waals surface area contributed by atoms with Crippen molar-refractivity contribution in [3.63, 3.8) is 0 Å². The first-order valence-corrected chi connectivity index (χ1v) is 7.33. The van der Waals surface area contributed by atoms with Gasteiger partial charge in [0.25, 0.3) is 5.56 Å². The molecule has 0 aliphatic carbocycles. The highest BCUT2D eigenvalue weighted by Gasteiger charge is 2.06. The van der Waals surface area contributed by atoms with E-state index >= 15 is 0 Å². The van der Waals surface area contributed by atoms with Gasteiger partial charge < -0.3 is 9.72 Å². The number of anilines is 1. The van der Waals surface area contributed by atoms with Gasteiger partial charge in [-0.25, -0.2) is 9.67 Å². The van der Waals surface area contributed by atoms with Crippen molar-refractivity contribution < 1.29 is 0 Å². The van der Waals surface area contributed by atoms with E-state index in [2.05, 4.69) is 31.3 Å². The molecule has 7 heteroatoms. The molecule has 21 heavy (non-hydrogen) atoms. The normalized spacial score (nSPS) is 11.0. The van der Waals surface area contributed by atoms with Crippen LogP contribution in [-0.2, 0) is 13.5 Å². The Morgan fingerprint density at radius 2 is 2.24 bits per heavy atom. The van der Waals surface area contributed by atoms with Crippen molar-refractivity contribution in [2.45, 2.75) is 6.42 Å².